The van der Waals surface area contributed by atoms with Crippen molar-refractivity contribution in [3.63, 3.8) is 0 Å². The van der Waals surface area contributed by atoms with Crippen molar-refractivity contribution in [2.24, 2.45) is 0 Å². The number of ether oxygens (including phenoxy) is 1. The summed E-state index contributed by atoms with van der Waals surface area (Å²) < 4.78 is 5.11. The smallest absolute Gasteiger partial charge is 0.255 e. The highest BCUT2D eigenvalue weighted by Crippen LogP contribution is 2.20. The summed E-state index contributed by atoms with van der Waals surface area (Å²) in [6, 6.07) is 14.1. The Labute approximate surface area is 134 Å². The van der Waals surface area contributed by atoms with Crippen LogP contribution in [0.1, 0.15) is 33.6 Å². The number of hydrogen-bond donors (Lipinski definition) is 2. The van der Waals surface area contributed by atoms with E-state index >= 15 is 0 Å². The van der Waals surface area contributed by atoms with Gasteiger partial charge < -0.3 is 15.4 Å². The fraction of sp³-hybridized carbons (Fsp3) is 0.222. The molecule has 2 amide bonds. The lowest BCUT2D eigenvalue weighted by atomic mass is 10.1. The van der Waals surface area contributed by atoms with Crippen LogP contribution < -0.4 is 15.4 Å². The third-order valence-corrected chi connectivity index (χ3v) is 3.65. The maximum Gasteiger partial charge on any atom is 0.255 e. The Hall–Kier alpha value is -2.82. The summed E-state index contributed by atoms with van der Waals surface area (Å²) in [4.78, 5) is 24.1. The Bertz CT molecular complexity index is 721. The number of nitrogens with one attached hydrogen (secondary N) is 2. The van der Waals surface area contributed by atoms with Gasteiger partial charge >= 0.3 is 0 Å². The Morgan fingerprint density at radius 2 is 1.74 bits per heavy atom. The molecule has 118 valence electrons. The van der Waals surface area contributed by atoms with Gasteiger partial charge in [-0.05, 0) is 55.3 Å². The van der Waals surface area contributed by atoms with Crippen LogP contribution in [0.5, 0.6) is 5.75 Å². The molecule has 5 nitrogen and oxygen atoms in total. The van der Waals surface area contributed by atoms with Crippen molar-refractivity contribution >= 4 is 17.5 Å². The van der Waals surface area contributed by atoms with Crippen molar-refractivity contribution in [2.75, 3.05) is 12.4 Å². The first-order valence-corrected chi connectivity index (χ1v) is 7.52. The second-order valence-electron chi connectivity index (χ2n) is 5.51. The van der Waals surface area contributed by atoms with Crippen molar-refractivity contribution < 1.29 is 14.3 Å². The van der Waals surface area contributed by atoms with Crippen molar-refractivity contribution in [3.8, 4) is 5.75 Å². The summed E-state index contributed by atoms with van der Waals surface area (Å²) in [5, 5.41) is 5.73. The summed E-state index contributed by atoms with van der Waals surface area (Å²) in [6.07, 6.45) is 2.11. The normalized spacial score (nSPS) is 13.3. The number of rotatable bonds is 5. The van der Waals surface area contributed by atoms with Gasteiger partial charge in [-0.25, -0.2) is 0 Å². The zero-order valence-corrected chi connectivity index (χ0v) is 12.8. The lowest BCUT2D eigenvalue weighted by molar-refractivity contribution is 0.0950. The van der Waals surface area contributed by atoms with Crippen LogP contribution in [0.3, 0.4) is 0 Å². The highest BCUT2D eigenvalue weighted by molar-refractivity contribution is 6.04. The van der Waals surface area contributed by atoms with Crippen LogP contribution in [0, 0.1) is 0 Å². The molecule has 0 spiro atoms. The van der Waals surface area contributed by atoms with E-state index in [9.17, 15) is 9.59 Å². The predicted octanol–water partition coefficient (Wildman–Crippen LogP) is 2.84. The first-order chi connectivity index (χ1) is 11.2. The van der Waals surface area contributed by atoms with E-state index in [2.05, 4.69) is 10.6 Å². The topological polar surface area (TPSA) is 67.4 Å². The molecule has 3 rings (SSSR count). The first kappa shape index (κ1) is 15.1. The van der Waals surface area contributed by atoms with Crippen LogP contribution in [-0.2, 0) is 0 Å². The van der Waals surface area contributed by atoms with Gasteiger partial charge in [0, 0.05) is 22.9 Å². The highest BCUT2D eigenvalue weighted by Gasteiger charge is 2.23. The van der Waals surface area contributed by atoms with Gasteiger partial charge in [0.25, 0.3) is 11.8 Å². The fourth-order valence-corrected chi connectivity index (χ4v) is 2.17. The standard InChI is InChI=1S/C18H18N2O3/c1-23-16-4-2-3-13(11-16)18(22)20-14-7-5-12(6-8-14)17(21)19-15-9-10-15/h2-8,11,15H,9-10H2,1H3,(H,19,21)(H,20,22). The Morgan fingerprint density at radius 1 is 1.00 bits per heavy atom. The number of amides is 2. The van der Waals surface area contributed by atoms with Crippen LogP contribution in [0.25, 0.3) is 0 Å². The molecule has 0 aliphatic heterocycles. The van der Waals surface area contributed by atoms with E-state index in [4.69, 9.17) is 4.74 Å². The predicted molar refractivity (Wildman–Crippen MR) is 87.9 cm³/mol. The molecule has 2 aromatic carbocycles. The molecule has 0 heterocycles. The van der Waals surface area contributed by atoms with Crippen molar-refractivity contribution in [3.05, 3.63) is 59.7 Å². The summed E-state index contributed by atoms with van der Waals surface area (Å²) in [5.41, 5.74) is 1.75. The van der Waals surface area contributed by atoms with Crippen molar-refractivity contribution in [2.45, 2.75) is 18.9 Å². The molecule has 0 saturated heterocycles. The van der Waals surface area contributed by atoms with Crippen LogP contribution in [0.2, 0.25) is 0 Å². The van der Waals surface area contributed by atoms with Gasteiger partial charge in [-0.15, -0.1) is 0 Å². The molecule has 1 saturated carbocycles. The molecule has 1 aliphatic rings. The molecule has 1 aliphatic carbocycles. The number of carbonyl (C=O) groups is 2. The average Bonchev–Trinajstić information content (AvgIpc) is 3.39. The first-order valence-electron chi connectivity index (χ1n) is 7.52. The van der Waals surface area contributed by atoms with Gasteiger partial charge in [0.1, 0.15) is 5.75 Å². The van der Waals surface area contributed by atoms with E-state index in [-0.39, 0.29) is 11.8 Å². The molecule has 1 fully saturated rings. The summed E-state index contributed by atoms with van der Waals surface area (Å²) >= 11 is 0. The minimum absolute atomic E-state index is 0.0711. The van der Waals surface area contributed by atoms with E-state index in [1.165, 1.54) is 0 Å². The minimum Gasteiger partial charge on any atom is -0.497 e. The summed E-state index contributed by atoms with van der Waals surface area (Å²) in [7, 11) is 1.56. The Balaban J connectivity index is 1.65. The SMILES string of the molecule is COc1cccc(C(=O)Nc2ccc(C(=O)NC3CC3)cc2)c1. The molecule has 0 bridgehead atoms. The van der Waals surface area contributed by atoms with Gasteiger partial charge in [0.15, 0.2) is 0 Å². The summed E-state index contributed by atoms with van der Waals surface area (Å²) in [5.74, 6) is 0.335. The van der Waals surface area contributed by atoms with E-state index in [1.807, 2.05) is 0 Å². The van der Waals surface area contributed by atoms with Gasteiger partial charge in [-0.3, -0.25) is 9.59 Å². The molecule has 23 heavy (non-hydrogen) atoms. The lowest BCUT2D eigenvalue weighted by Gasteiger charge is -2.08. The van der Waals surface area contributed by atoms with Gasteiger partial charge in [-0.2, -0.15) is 0 Å². The van der Waals surface area contributed by atoms with E-state index in [0.29, 0.717) is 28.6 Å². The average molecular weight is 310 g/mol. The number of benzene rings is 2. The van der Waals surface area contributed by atoms with Crippen LogP contribution >= 0.6 is 0 Å². The molecule has 2 N–H and O–H groups in total. The monoisotopic (exact) mass is 310 g/mol. The van der Waals surface area contributed by atoms with E-state index in [1.54, 1.807) is 55.6 Å². The molecule has 0 aromatic heterocycles. The Morgan fingerprint density at radius 3 is 2.39 bits per heavy atom. The zero-order valence-electron chi connectivity index (χ0n) is 12.8. The second-order valence-corrected chi connectivity index (χ2v) is 5.51. The molecule has 0 unspecified atom stereocenters. The highest BCUT2D eigenvalue weighted by atomic mass is 16.5. The maximum atomic E-state index is 12.2. The van der Waals surface area contributed by atoms with Gasteiger partial charge in [0.05, 0.1) is 7.11 Å². The van der Waals surface area contributed by atoms with E-state index < -0.39 is 0 Å². The molecular weight excluding hydrogens is 292 g/mol. The summed E-state index contributed by atoms with van der Waals surface area (Å²) in [6.45, 7) is 0. The number of carbonyl (C=O) groups excluding carboxylic acids is 2. The lowest BCUT2D eigenvalue weighted by Crippen LogP contribution is -2.25. The largest absolute Gasteiger partial charge is 0.497 e. The zero-order chi connectivity index (χ0) is 16.2. The quantitative estimate of drug-likeness (QED) is 0.892. The number of anilines is 1. The fourth-order valence-electron chi connectivity index (χ4n) is 2.17. The molecule has 2 aromatic rings. The third kappa shape index (κ3) is 3.88. The second kappa shape index (κ2) is 6.52. The van der Waals surface area contributed by atoms with Gasteiger partial charge in [-0.1, -0.05) is 6.07 Å². The third-order valence-electron chi connectivity index (χ3n) is 3.65. The van der Waals surface area contributed by atoms with Crippen LogP contribution in [-0.4, -0.2) is 25.0 Å². The van der Waals surface area contributed by atoms with Crippen LogP contribution in [0.15, 0.2) is 48.5 Å². The van der Waals surface area contributed by atoms with E-state index in [0.717, 1.165) is 12.8 Å². The Kier molecular flexibility index (Phi) is 4.28. The molecule has 0 atom stereocenters. The molecule has 0 radical (unpaired) electrons. The molecule has 5 heteroatoms. The van der Waals surface area contributed by atoms with Crippen molar-refractivity contribution in [1.29, 1.82) is 0 Å². The number of methoxy groups -OCH3 is 1. The van der Waals surface area contributed by atoms with Gasteiger partial charge in [0.2, 0.25) is 0 Å². The minimum atomic E-state index is -0.223. The number of hydrogen-bond acceptors (Lipinski definition) is 3. The maximum absolute atomic E-state index is 12.2. The van der Waals surface area contributed by atoms with Crippen LogP contribution in [0.4, 0.5) is 5.69 Å². The molecular formula is C18H18N2O3. The van der Waals surface area contributed by atoms with Crippen molar-refractivity contribution in [1.82, 2.24) is 5.32 Å².